The maximum atomic E-state index is 12.1. The zero-order valence-electron chi connectivity index (χ0n) is 12.3. The summed E-state index contributed by atoms with van der Waals surface area (Å²) in [5, 5.41) is 2.83. The first-order chi connectivity index (χ1) is 10.6. The Kier molecular flexibility index (Phi) is 5.72. The Morgan fingerprint density at radius 2 is 1.68 bits per heavy atom. The number of halogens is 1. The molecule has 0 unspecified atom stereocenters. The first kappa shape index (κ1) is 16.2. The summed E-state index contributed by atoms with van der Waals surface area (Å²) in [7, 11) is 0. The van der Waals surface area contributed by atoms with E-state index in [1.807, 2.05) is 48.5 Å². The van der Waals surface area contributed by atoms with Crippen molar-refractivity contribution in [3.63, 3.8) is 0 Å². The van der Waals surface area contributed by atoms with Crippen LogP contribution in [0.3, 0.4) is 0 Å². The van der Waals surface area contributed by atoms with Gasteiger partial charge in [-0.05, 0) is 33.6 Å². The van der Waals surface area contributed by atoms with Crippen molar-refractivity contribution in [2.24, 2.45) is 0 Å². The lowest BCUT2D eigenvalue weighted by molar-refractivity contribution is -0.123. The monoisotopic (exact) mass is 360 g/mol. The van der Waals surface area contributed by atoms with E-state index in [0.717, 1.165) is 10.0 Å². The van der Waals surface area contributed by atoms with Gasteiger partial charge < -0.3 is 10.2 Å². The highest BCUT2D eigenvalue weighted by molar-refractivity contribution is 9.10. The predicted octanol–water partition coefficient (Wildman–Crippen LogP) is 3.12. The van der Waals surface area contributed by atoms with Crippen LogP contribution in [0.5, 0.6) is 0 Å². The predicted molar refractivity (Wildman–Crippen MR) is 90.5 cm³/mol. The average molecular weight is 361 g/mol. The van der Waals surface area contributed by atoms with Crippen LogP contribution in [0.2, 0.25) is 0 Å². The first-order valence-corrected chi connectivity index (χ1v) is 7.70. The number of carbonyl (C=O) groups excluding carboxylic acids is 2. The molecule has 2 aromatic carbocycles. The van der Waals surface area contributed by atoms with E-state index in [2.05, 4.69) is 21.2 Å². The van der Waals surface area contributed by atoms with Crippen LogP contribution < -0.4 is 10.2 Å². The molecule has 114 valence electrons. The van der Waals surface area contributed by atoms with Gasteiger partial charge >= 0.3 is 0 Å². The van der Waals surface area contributed by atoms with Crippen molar-refractivity contribution in [2.75, 3.05) is 11.4 Å². The summed E-state index contributed by atoms with van der Waals surface area (Å²) < 4.78 is 0.779. The molecule has 0 aliphatic heterocycles. The van der Waals surface area contributed by atoms with Gasteiger partial charge in [0.25, 0.3) is 0 Å². The van der Waals surface area contributed by atoms with Crippen molar-refractivity contribution in [3.05, 3.63) is 64.6 Å². The minimum Gasteiger partial charge on any atom is -0.350 e. The summed E-state index contributed by atoms with van der Waals surface area (Å²) in [4.78, 5) is 25.4. The van der Waals surface area contributed by atoms with E-state index in [1.54, 1.807) is 6.07 Å². The second-order valence-corrected chi connectivity index (χ2v) is 5.67. The van der Waals surface area contributed by atoms with Gasteiger partial charge in [0, 0.05) is 17.9 Å². The number of anilines is 1. The molecule has 0 saturated heterocycles. The second kappa shape index (κ2) is 7.75. The summed E-state index contributed by atoms with van der Waals surface area (Å²) in [6.45, 7) is 1.88. The highest BCUT2D eigenvalue weighted by atomic mass is 79.9. The number of hydrogen-bond acceptors (Lipinski definition) is 2. The Balaban J connectivity index is 2.01. The lowest BCUT2D eigenvalue weighted by Crippen LogP contribution is -2.39. The van der Waals surface area contributed by atoms with E-state index in [1.165, 1.54) is 11.8 Å². The van der Waals surface area contributed by atoms with E-state index in [0.29, 0.717) is 12.2 Å². The van der Waals surface area contributed by atoms with E-state index in [-0.39, 0.29) is 18.4 Å². The van der Waals surface area contributed by atoms with Gasteiger partial charge in [-0.1, -0.05) is 42.5 Å². The molecule has 1 N–H and O–H groups in total. The molecule has 4 nitrogen and oxygen atoms in total. The zero-order chi connectivity index (χ0) is 15.9. The Labute approximate surface area is 138 Å². The normalized spacial score (nSPS) is 10.1. The number of para-hydroxylation sites is 1. The highest BCUT2D eigenvalue weighted by Gasteiger charge is 2.17. The van der Waals surface area contributed by atoms with E-state index in [9.17, 15) is 9.59 Å². The standard InChI is InChI=1S/C17H17BrN2O2/c1-13(21)20(16-10-6-5-9-15(16)18)12-17(22)19-11-14-7-3-2-4-8-14/h2-10H,11-12H2,1H3,(H,19,22). The molecule has 0 bridgehead atoms. The van der Waals surface area contributed by atoms with Crippen molar-refractivity contribution in [1.82, 2.24) is 5.32 Å². The molecule has 0 saturated carbocycles. The number of benzene rings is 2. The summed E-state index contributed by atoms with van der Waals surface area (Å²) in [6.07, 6.45) is 0. The summed E-state index contributed by atoms with van der Waals surface area (Å²) in [5.41, 5.74) is 1.70. The molecule has 0 aliphatic carbocycles. The van der Waals surface area contributed by atoms with Crippen LogP contribution in [0, 0.1) is 0 Å². The van der Waals surface area contributed by atoms with Crippen LogP contribution in [0.1, 0.15) is 12.5 Å². The van der Waals surface area contributed by atoms with Crippen molar-refractivity contribution in [1.29, 1.82) is 0 Å². The fourth-order valence-electron chi connectivity index (χ4n) is 2.03. The molecule has 0 heterocycles. The second-order valence-electron chi connectivity index (χ2n) is 4.82. The molecule has 5 heteroatoms. The summed E-state index contributed by atoms with van der Waals surface area (Å²) >= 11 is 3.41. The zero-order valence-corrected chi connectivity index (χ0v) is 13.8. The Morgan fingerprint density at radius 1 is 1.05 bits per heavy atom. The van der Waals surface area contributed by atoms with E-state index >= 15 is 0 Å². The molecule has 0 radical (unpaired) electrons. The van der Waals surface area contributed by atoms with Gasteiger partial charge in [-0.25, -0.2) is 0 Å². The molecular weight excluding hydrogens is 344 g/mol. The molecule has 2 rings (SSSR count). The largest absolute Gasteiger partial charge is 0.350 e. The highest BCUT2D eigenvalue weighted by Crippen LogP contribution is 2.25. The van der Waals surface area contributed by atoms with Gasteiger partial charge in [0.1, 0.15) is 6.54 Å². The summed E-state index contributed by atoms with van der Waals surface area (Å²) in [6, 6.07) is 17.0. The number of carbonyl (C=O) groups is 2. The first-order valence-electron chi connectivity index (χ1n) is 6.91. The van der Waals surface area contributed by atoms with Crippen LogP contribution in [-0.4, -0.2) is 18.4 Å². The lowest BCUT2D eigenvalue weighted by Gasteiger charge is -2.22. The third kappa shape index (κ3) is 4.43. The molecule has 2 amide bonds. The smallest absolute Gasteiger partial charge is 0.240 e. The summed E-state index contributed by atoms with van der Waals surface area (Å²) in [5.74, 6) is -0.378. The average Bonchev–Trinajstić information content (AvgIpc) is 2.52. The molecule has 0 spiro atoms. The quantitative estimate of drug-likeness (QED) is 0.890. The number of nitrogens with zero attached hydrogens (tertiary/aromatic N) is 1. The van der Waals surface area contributed by atoms with Crippen molar-refractivity contribution in [2.45, 2.75) is 13.5 Å². The lowest BCUT2D eigenvalue weighted by atomic mass is 10.2. The van der Waals surface area contributed by atoms with E-state index in [4.69, 9.17) is 0 Å². The van der Waals surface area contributed by atoms with E-state index < -0.39 is 0 Å². The fraction of sp³-hybridized carbons (Fsp3) is 0.176. The maximum Gasteiger partial charge on any atom is 0.240 e. The SMILES string of the molecule is CC(=O)N(CC(=O)NCc1ccccc1)c1ccccc1Br. The number of rotatable bonds is 5. The van der Waals surface area contributed by atoms with Gasteiger partial charge in [0.15, 0.2) is 0 Å². The molecule has 2 aromatic rings. The Hall–Kier alpha value is -2.14. The van der Waals surface area contributed by atoms with Gasteiger partial charge in [-0.2, -0.15) is 0 Å². The van der Waals surface area contributed by atoms with Gasteiger partial charge in [0.05, 0.1) is 5.69 Å². The van der Waals surface area contributed by atoms with Crippen LogP contribution in [0.4, 0.5) is 5.69 Å². The van der Waals surface area contributed by atoms with Crippen molar-refractivity contribution in [3.8, 4) is 0 Å². The van der Waals surface area contributed by atoms with Crippen LogP contribution in [0.15, 0.2) is 59.1 Å². The molecular formula is C17H17BrN2O2. The van der Waals surface area contributed by atoms with Crippen molar-refractivity contribution < 1.29 is 9.59 Å². The van der Waals surface area contributed by atoms with Gasteiger partial charge in [-0.15, -0.1) is 0 Å². The molecule has 0 aromatic heterocycles. The fourth-order valence-corrected chi connectivity index (χ4v) is 2.53. The van der Waals surface area contributed by atoms with Crippen molar-refractivity contribution >= 4 is 33.4 Å². The van der Waals surface area contributed by atoms with Gasteiger partial charge in [-0.3, -0.25) is 9.59 Å². The molecule has 0 aliphatic rings. The maximum absolute atomic E-state index is 12.1. The van der Waals surface area contributed by atoms with Crippen LogP contribution >= 0.6 is 15.9 Å². The van der Waals surface area contributed by atoms with Gasteiger partial charge in [0.2, 0.25) is 11.8 Å². The minimum atomic E-state index is -0.199. The minimum absolute atomic E-state index is 0.00915. The number of hydrogen-bond donors (Lipinski definition) is 1. The Morgan fingerprint density at radius 3 is 2.32 bits per heavy atom. The van der Waals surface area contributed by atoms with Crippen LogP contribution in [0.25, 0.3) is 0 Å². The number of nitrogens with one attached hydrogen (secondary N) is 1. The Bertz CT molecular complexity index is 659. The molecule has 0 atom stereocenters. The third-order valence-electron chi connectivity index (χ3n) is 3.16. The topological polar surface area (TPSA) is 49.4 Å². The number of amides is 2. The van der Waals surface area contributed by atoms with Crippen LogP contribution in [-0.2, 0) is 16.1 Å². The third-order valence-corrected chi connectivity index (χ3v) is 3.83. The molecule has 0 fully saturated rings. The molecule has 22 heavy (non-hydrogen) atoms.